The zero-order chi connectivity index (χ0) is 18.8. The molecule has 0 aliphatic heterocycles. The lowest BCUT2D eigenvalue weighted by atomic mass is 10.1. The molecule has 0 bridgehead atoms. The summed E-state index contributed by atoms with van der Waals surface area (Å²) in [4.78, 5) is 29.4. The third kappa shape index (κ3) is 3.00. The van der Waals surface area contributed by atoms with Gasteiger partial charge in [0.15, 0.2) is 5.65 Å². The maximum absolute atomic E-state index is 12.9. The van der Waals surface area contributed by atoms with Gasteiger partial charge in [-0.15, -0.1) is 0 Å². The molecule has 0 spiro atoms. The van der Waals surface area contributed by atoms with Gasteiger partial charge in [-0.1, -0.05) is 13.0 Å². The number of hydrogen-bond acceptors (Lipinski definition) is 5. The van der Waals surface area contributed by atoms with Gasteiger partial charge in [-0.3, -0.25) is 9.36 Å². The Balaban J connectivity index is 2.10. The molecule has 136 valence electrons. The van der Waals surface area contributed by atoms with Crippen molar-refractivity contribution in [2.45, 2.75) is 40.2 Å². The number of aryl methyl sites for hydroxylation is 2. The van der Waals surface area contributed by atoms with Gasteiger partial charge in [0.05, 0.1) is 18.5 Å². The van der Waals surface area contributed by atoms with Crippen LogP contribution in [0.1, 0.15) is 37.4 Å². The summed E-state index contributed by atoms with van der Waals surface area (Å²) in [7, 11) is 0. The van der Waals surface area contributed by atoms with Crippen LogP contribution in [0.25, 0.3) is 16.7 Å². The standard InChI is InChI=1S/C19H22N4O3/c1-5-16(19(25)26-6-2)22-11-20-17-15(18(22)24)10-21-23(17)14-8-7-12(3)13(4)9-14/h7-11,16H,5-6H2,1-4H3/t16-/m0/s1. The van der Waals surface area contributed by atoms with Crippen LogP contribution >= 0.6 is 0 Å². The highest BCUT2D eigenvalue weighted by molar-refractivity contribution is 5.77. The number of carbonyl (C=O) groups is 1. The van der Waals surface area contributed by atoms with Crippen LogP contribution < -0.4 is 5.56 Å². The molecule has 1 aromatic carbocycles. The van der Waals surface area contributed by atoms with E-state index in [1.165, 1.54) is 22.7 Å². The van der Waals surface area contributed by atoms with Crippen LogP contribution in [0, 0.1) is 13.8 Å². The number of rotatable bonds is 5. The Morgan fingerprint density at radius 3 is 2.65 bits per heavy atom. The first kappa shape index (κ1) is 17.8. The molecule has 7 heteroatoms. The second-order valence-electron chi connectivity index (χ2n) is 6.20. The maximum Gasteiger partial charge on any atom is 0.329 e. The number of fused-ring (bicyclic) bond motifs is 1. The van der Waals surface area contributed by atoms with E-state index in [0.717, 1.165) is 11.3 Å². The summed E-state index contributed by atoms with van der Waals surface area (Å²) in [5.74, 6) is -0.431. The molecule has 3 rings (SSSR count). The summed E-state index contributed by atoms with van der Waals surface area (Å²) in [6.45, 7) is 7.90. The molecule has 0 saturated carbocycles. The number of esters is 1. The van der Waals surface area contributed by atoms with E-state index in [2.05, 4.69) is 10.1 Å². The molecule has 1 atom stereocenters. The zero-order valence-corrected chi connectivity index (χ0v) is 15.4. The molecular formula is C19H22N4O3. The first-order chi connectivity index (χ1) is 12.5. The van der Waals surface area contributed by atoms with E-state index in [1.54, 1.807) is 11.6 Å². The Labute approximate surface area is 151 Å². The monoisotopic (exact) mass is 354 g/mol. The van der Waals surface area contributed by atoms with Crippen molar-refractivity contribution < 1.29 is 9.53 Å². The largest absolute Gasteiger partial charge is 0.464 e. The van der Waals surface area contributed by atoms with E-state index < -0.39 is 12.0 Å². The van der Waals surface area contributed by atoms with Gasteiger partial charge in [-0.2, -0.15) is 5.10 Å². The first-order valence-electron chi connectivity index (χ1n) is 8.67. The highest BCUT2D eigenvalue weighted by Gasteiger charge is 2.23. The predicted molar refractivity (Wildman–Crippen MR) is 98.6 cm³/mol. The Morgan fingerprint density at radius 1 is 1.23 bits per heavy atom. The lowest BCUT2D eigenvalue weighted by Gasteiger charge is -2.16. The van der Waals surface area contributed by atoms with Crippen LogP contribution in [-0.4, -0.2) is 31.9 Å². The highest BCUT2D eigenvalue weighted by Crippen LogP contribution is 2.18. The zero-order valence-electron chi connectivity index (χ0n) is 15.4. The van der Waals surface area contributed by atoms with E-state index >= 15 is 0 Å². The maximum atomic E-state index is 12.9. The van der Waals surface area contributed by atoms with Crippen LogP contribution in [0.5, 0.6) is 0 Å². The second kappa shape index (κ2) is 7.11. The third-order valence-corrected chi connectivity index (χ3v) is 4.53. The molecule has 2 heterocycles. The summed E-state index contributed by atoms with van der Waals surface area (Å²) in [5.41, 5.74) is 3.32. The topological polar surface area (TPSA) is 79.0 Å². The lowest BCUT2D eigenvalue weighted by Crippen LogP contribution is -2.31. The van der Waals surface area contributed by atoms with Crippen molar-refractivity contribution >= 4 is 17.0 Å². The van der Waals surface area contributed by atoms with Gasteiger partial charge in [0, 0.05) is 0 Å². The van der Waals surface area contributed by atoms with Gasteiger partial charge in [0.25, 0.3) is 5.56 Å². The number of benzene rings is 1. The normalized spacial score (nSPS) is 12.3. The van der Waals surface area contributed by atoms with Gasteiger partial charge in [0.2, 0.25) is 0 Å². The minimum Gasteiger partial charge on any atom is -0.464 e. The molecule has 0 aliphatic carbocycles. The van der Waals surface area contributed by atoms with Crippen molar-refractivity contribution in [1.29, 1.82) is 0 Å². The fraction of sp³-hybridized carbons (Fsp3) is 0.368. The minimum absolute atomic E-state index is 0.268. The first-order valence-corrected chi connectivity index (χ1v) is 8.67. The van der Waals surface area contributed by atoms with Crippen LogP contribution in [0.15, 0.2) is 35.5 Å². The van der Waals surface area contributed by atoms with E-state index in [-0.39, 0.29) is 12.2 Å². The summed E-state index contributed by atoms with van der Waals surface area (Å²) in [5, 5.41) is 4.70. The van der Waals surface area contributed by atoms with Gasteiger partial charge >= 0.3 is 5.97 Å². The summed E-state index contributed by atoms with van der Waals surface area (Å²) in [6, 6.07) is 5.26. The molecule has 0 aliphatic rings. The SMILES string of the molecule is CCOC(=O)[C@H](CC)n1cnc2c(cnn2-c2ccc(C)c(C)c2)c1=O. The molecule has 0 amide bonds. The highest BCUT2D eigenvalue weighted by atomic mass is 16.5. The summed E-state index contributed by atoms with van der Waals surface area (Å²) < 4.78 is 8.03. The number of hydrogen-bond donors (Lipinski definition) is 0. The van der Waals surface area contributed by atoms with Crippen LogP contribution in [0.3, 0.4) is 0 Å². The van der Waals surface area contributed by atoms with E-state index in [4.69, 9.17) is 4.74 Å². The molecule has 0 fully saturated rings. The number of nitrogens with zero attached hydrogens (tertiary/aromatic N) is 4. The second-order valence-corrected chi connectivity index (χ2v) is 6.20. The minimum atomic E-state index is -0.690. The van der Waals surface area contributed by atoms with Gasteiger partial charge in [-0.25, -0.2) is 14.5 Å². The third-order valence-electron chi connectivity index (χ3n) is 4.53. The van der Waals surface area contributed by atoms with E-state index in [1.807, 2.05) is 39.0 Å². The van der Waals surface area contributed by atoms with Crippen molar-refractivity contribution in [3.63, 3.8) is 0 Å². The molecule has 0 N–H and O–H groups in total. The average Bonchev–Trinajstić information content (AvgIpc) is 3.05. The smallest absolute Gasteiger partial charge is 0.329 e. The Hall–Kier alpha value is -2.96. The van der Waals surface area contributed by atoms with Gasteiger partial charge < -0.3 is 4.74 Å². The Kier molecular flexibility index (Phi) is 4.88. The van der Waals surface area contributed by atoms with Gasteiger partial charge in [0.1, 0.15) is 17.8 Å². The van der Waals surface area contributed by atoms with Crippen LogP contribution in [-0.2, 0) is 9.53 Å². The summed E-state index contributed by atoms with van der Waals surface area (Å²) >= 11 is 0. The predicted octanol–water partition coefficient (Wildman–Crippen LogP) is 2.71. The average molecular weight is 354 g/mol. The van der Waals surface area contributed by atoms with E-state index in [0.29, 0.717) is 17.5 Å². The fourth-order valence-electron chi connectivity index (χ4n) is 2.91. The van der Waals surface area contributed by atoms with Crippen LogP contribution in [0.4, 0.5) is 0 Å². The molecule has 7 nitrogen and oxygen atoms in total. The lowest BCUT2D eigenvalue weighted by molar-refractivity contribution is -0.147. The number of ether oxygens (including phenoxy) is 1. The quantitative estimate of drug-likeness (QED) is 0.658. The van der Waals surface area contributed by atoms with Crippen molar-refractivity contribution in [2.24, 2.45) is 0 Å². The van der Waals surface area contributed by atoms with Crippen molar-refractivity contribution in [2.75, 3.05) is 6.61 Å². The van der Waals surface area contributed by atoms with E-state index in [9.17, 15) is 9.59 Å². The van der Waals surface area contributed by atoms with Crippen molar-refractivity contribution in [3.05, 3.63) is 52.2 Å². The molecule has 26 heavy (non-hydrogen) atoms. The molecule has 3 aromatic rings. The molecule has 0 radical (unpaired) electrons. The molecule has 2 aromatic heterocycles. The fourth-order valence-corrected chi connectivity index (χ4v) is 2.91. The molecular weight excluding hydrogens is 332 g/mol. The molecule has 0 saturated heterocycles. The summed E-state index contributed by atoms with van der Waals surface area (Å²) in [6.07, 6.45) is 3.33. The van der Waals surface area contributed by atoms with Crippen molar-refractivity contribution in [1.82, 2.24) is 19.3 Å². The van der Waals surface area contributed by atoms with Crippen molar-refractivity contribution in [3.8, 4) is 5.69 Å². The number of carbonyl (C=O) groups excluding carboxylic acids is 1. The van der Waals surface area contributed by atoms with Gasteiger partial charge in [-0.05, 0) is 50.5 Å². The Bertz CT molecular complexity index is 1020. The number of aromatic nitrogens is 4. The Morgan fingerprint density at radius 2 is 2.00 bits per heavy atom. The van der Waals surface area contributed by atoms with Crippen LogP contribution in [0.2, 0.25) is 0 Å². The molecule has 0 unspecified atom stereocenters.